The van der Waals surface area contributed by atoms with E-state index in [0.29, 0.717) is 33.0 Å². The van der Waals surface area contributed by atoms with Gasteiger partial charge in [0.05, 0.1) is 40.6 Å². The first-order valence-electron chi connectivity index (χ1n) is 17.3. The molecule has 51 heavy (non-hydrogen) atoms. The summed E-state index contributed by atoms with van der Waals surface area (Å²) in [5.41, 5.74) is 6.74. The highest BCUT2D eigenvalue weighted by Crippen LogP contribution is 2.39. The number of hydrogen-bond acceptors (Lipinski definition) is 8. The van der Waals surface area contributed by atoms with E-state index in [-0.39, 0.29) is 18.1 Å². The molecule has 0 bridgehead atoms. The molecule has 1 atom stereocenters. The second kappa shape index (κ2) is 14.3. The number of para-hydroxylation sites is 1. The predicted molar refractivity (Wildman–Crippen MR) is 202 cm³/mol. The summed E-state index contributed by atoms with van der Waals surface area (Å²) in [6.45, 7) is 10.3. The quantitative estimate of drug-likeness (QED) is 0.169. The van der Waals surface area contributed by atoms with E-state index in [1.807, 2.05) is 81.4 Å². The molecule has 7 rings (SSSR count). The van der Waals surface area contributed by atoms with E-state index >= 15 is 0 Å². The highest BCUT2D eigenvalue weighted by Gasteiger charge is 2.34. The van der Waals surface area contributed by atoms with Gasteiger partial charge in [0.15, 0.2) is 4.80 Å². The number of thiazole rings is 1. The van der Waals surface area contributed by atoms with E-state index in [9.17, 15) is 14.4 Å². The fourth-order valence-corrected chi connectivity index (χ4v) is 9.60. The molecule has 0 saturated carbocycles. The number of amides is 1. The third kappa shape index (κ3) is 6.40. The average Bonchev–Trinajstić information content (AvgIpc) is 3.74. The average molecular weight is 721 g/mol. The maximum Gasteiger partial charge on any atom is 0.338 e. The Labute approximate surface area is 304 Å². The first-order chi connectivity index (χ1) is 24.7. The van der Waals surface area contributed by atoms with E-state index in [4.69, 9.17) is 14.5 Å². The Kier molecular flexibility index (Phi) is 9.67. The first kappa shape index (κ1) is 34.4. The van der Waals surface area contributed by atoms with Crippen molar-refractivity contribution in [2.75, 3.05) is 18.5 Å². The molecule has 0 unspecified atom stereocenters. The van der Waals surface area contributed by atoms with E-state index in [1.54, 1.807) is 29.8 Å². The number of nitrogens with one attached hydrogen (secondary N) is 1. The maximum absolute atomic E-state index is 14.4. The molecule has 11 heteroatoms. The molecule has 1 aliphatic heterocycles. The van der Waals surface area contributed by atoms with Gasteiger partial charge in [-0.25, -0.2) is 9.79 Å². The second-order valence-corrected chi connectivity index (χ2v) is 14.8. The molecule has 0 radical (unpaired) electrons. The number of benzene rings is 2. The van der Waals surface area contributed by atoms with Crippen molar-refractivity contribution in [1.29, 1.82) is 0 Å². The number of fused-ring (bicyclic) bond motifs is 2. The first-order valence-corrected chi connectivity index (χ1v) is 19.0. The minimum atomic E-state index is -0.714. The van der Waals surface area contributed by atoms with E-state index < -0.39 is 12.0 Å². The standard InChI is InChI=1S/C40H40N4O5S2/c1-6-48-29-19-17-26(18-20-29)35-33(39(47)49-7-2)24(4)41-40-44(35)37(46)32(51-40)22-27-21-23(3)43(25(27)5)38-34(30-15-11-12-16-31(30)50-38)36(45)42-28-13-9-8-10-14-28/h8-10,13-14,17-22,35H,6-7,11-12,15-16H2,1-5H3,(H,42,45)/b32-22+/t35-/m0/s1. The normalized spacial score (nSPS) is 15.6. The van der Waals surface area contributed by atoms with Crippen molar-refractivity contribution >= 4 is 46.3 Å². The summed E-state index contributed by atoms with van der Waals surface area (Å²) in [6.07, 6.45) is 5.90. The monoisotopic (exact) mass is 720 g/mol. The predicted octanol–water partition coefficient (Wildman–Crippen LogP) is 6.80. The van der Waals surface area contributed by atoms with Crippen LogP contribution in [0.3, 0.4) is 0 Å². The highest BCUT2D eigenvalue weighted by atomic mass is 32.1. The zero-order valence-corrected chi connectivity index (χ0v) is 31.0. The van der Waals surface area contributed by atoms with Crippen LogP contribution in [0.1, 0.15) is 83.0 Å². The second-order valence-electron chi connectivity index (χ2n) is 12.7. The molecular weight excluding hydrogens is 681 g/mol. The van der Waals surface area contributed by atoms with Gasteiger partial charge in [-0.3, -0.25) is 14.2 Å². The summed E-state index contributed by atoms with van der Waals surface area (Å²) in [5.74, 6) is 0.0935. The Balaban J connectivity index is 1.34. The number of aromatic nitrogens is 2. The topological polar surface area (TPSA) is 104 Å². The van der Waals surface area contributed by atoms with Crippen LogP contribution in [0.2, 0.25) is 0 Å². The van der Waals surface area contributed by atoms with Crippen molar-refractivity contribution in [1.82, 2.24) is 9.13 Å². The molecule has 4 heterocycles. The molecule has 0 fully saturated rings. The minimum Gasteiger partial charge on any atom is -0.494 e. The summed E-state index contributed by atoms with van der Waals surface area (Å²) in [6, 6.07) is 18.3. The van der Waals surface area contributed by atoms with E-state index in [1.165, 1.54) is 16.2 Å². The molecule has 1 aliphatic carbocycles. The van der Waals surface area contributed by atoms with Gasteiger partial charge in [0.2, 0.25) is 0 Å². The Hall–Kier alpha value is -5.00. The largest absolute Gasteiger partial charge is 0.494 e. The summed E-state index contributed by atoms with van der Waals surface area (Å²) in [5, 5.41) is 4.02. The SMILES string of the molecule is CCOC(=O)C1=C(C)N=c2s/c(=C/c3cc(C)n(-c4sc5c(c4C(=O)Nc4ccccc4)CCCC5)c3C)c(=O)n2[C@H]1c1ccc(OCC)cc1. The summed E-state index contributed by atoms with van der Waals surface area (Å²) >= 11 is 2.98. The molecule has 5 aromatic rings. The summed E-state index contributed by atoms with van der Waals surface area (Å²) < 4.78 is 15.4. The van der Waals surface area contributed by atoms with Crippen molar-refractivity contribution < 1.29 is 19.1 Å². The molecule has 2 aromatic carbocycles. The Morgan fingerprint density at radius 1 is 0.980 bits per heavy atom. The Bertz CT molecular complexity index is 2360. The van der Waals surface area contributed by atoms with Gasteiger partial charge >= 0.3 is 5.97 Å². The van der Waals surface area contributed by atoms with Crippen LogP contribution in [0.5, 0.6) is 5.75 Å². The van der Waals surface area contributed by atoms with Crippen LogP contribution < -0.4 is 24.9 Å². The highest BCUT2D eigenvalue weighted by molar-refractivity contribution is 7.15. The molecule has 1 amide bonds. The number of thiophene rings is 1. The van der Waals surface area contributed by atoms with Crippen LogP contribution >= 0.6 is 22.7 Å². The minimum absolute atomic E-state index is 0.111. The lowest BCUT2D eigenvalue weighted by Gasteiger charge is -2.24. The van der Waals surface area contributed by atoms with Crippen molar-refractivity contribution in [2.24, 2.45) is 4.99 Å². The smallest absolute Gasteiger partial charge is 0.338 e. The Morgan fingerprint density at radius 2 is 1.73 bits per heavy atom. The molecule has 0 saturated heterocycles. The third-order valence-corrected chi connectivity index (χ3v) is 11.7. The lowest BCUT2D eigenvalue weighted by atomic mass is 9.95. The van der Waals surface area contributed by atoms with Crippen LogP contribution in [-0.4, -0.2) is 34.2 Å². The number of hydrogen-bond donors (Lipinski definition) is 1. The fraction of sp³-hybridized carbons (Fsp3) is 0.300. The number of allylic oxidation sites excluding steroid dienone is 1. The fourth-order valence-electron chi connectivity index (χ4n) is 7.07. The van der Waals surface area contributed by atoms with Gasteiger partial charge in [0, 0.05) is 22.0 Å². The van der Waals surface area contributed by atoms with E-state index in [2.05, 4.69) is 16.0 Å². The molecule has 9 nitrogen and oxygen atoms in total. The lowest BCUT2D eigenvalue weighted by Crippen LogP contribution is -2.39. The van der Waals surface area contributed by atoms with Gasteiger partial charge in [0.1, 0.15) is 10.8 Å². The Morgan fingerprint density at radius 3 is 2.45 bits per heavy atom. The molecule has 1 N–H and O–H groups in total. The number of esters is 1. The summed E-state index contributed by atoms with van der Waals surface area (Å²) in [4.78, 5) is 48.1. The maximum atomic E-state index is 14.4. The zero-order chi connectivity index (χ0) is 35.8. The molecule has 3 aromatic heterocycles. The number of aryl methyl sites for hydroxylation is 2. The number of carbonyl (C=O) groups excluding carboxylic acids is 2. The van der Waals surface area contributed by atoms with Gasteiger partial charge in [-0.2, -0.15) is 0 Å². The van der Waals surface area contributed by atoms with Crippen LogP contribution in [0.4, 0.5) is 5.69 Å². The number of nitrogens with zero attached hydrogens (tertiary/aromatic N) is 3. The molecule has 2 aliphatic rings. The lowest BCUT2D eigenvalue weighted by molar-refractivity contribution is -0.139. The van der Waals surface area contributed by atoms with Crippen LogP contribution in [0, 0.1) is 13.8 Å². The van der Waals surface area contributed by atoms with Gasteiger partial charge in [-0.1, -0.05) is 41.7 Å². The number of ether oxygens (including phenoxy) is 2. The van der Waals surface area contributed by atoms with Crippen molar-refractivity contribution in [2.45, 2.75) is 66.3 Å². The summed E-state index contributed by atoms with van der Waals surface area (Å²) in [7, 11) is 0. The number of carbonyl (C=O) groups is 2. The molecule has 262 valence electrons. The van der Waals surface area contributed by atoms with Crippen LogP contribution in [0.15, 0.2) is 81.7 Å². The molecular formula is C40H40N4O5S2. The van der Waals surface area contributed by atoms with Crippen LogP contribution in [0.25, 0.3) is 11.1 Å². The van der Waals surface area contributed by atoms with Gasteiger partial charge < -0.3 is 19.4 Å². The number of rotatable bonds is 9. The zero-order valence-electron chi connectivity index (χ0n) is 29.4. The van der Waals surface area contributed by atoms with Crippen LogP contribution in [-0.2, 0) is 22.4 Å². The van der Waals surface area contributed by atoms with Crippen molar-refractivity contribution in [3.8, 4) is 10.8 Å². The van der Waals surface area contributed by atoms with Crippen molar-refractivity contribution in [3.63, 3.8) is 0 Å². The van der Waals surface area contributed by atoms with Gasteiger partial charge in [-0.15, -0.1) is 11.3 Å². The molecule has 0 spiro atoms. The van der Waals surface area contributed by atoms with Gasteiger partial charge in [-0.05, 0) is 113 Å². The number of anilines is 1. The van der Waals surface area contributed by atoms with Gasteiger partial charge in [0.25, 0.3) is 11.5 Å². The third-order valence-electron chi connectivity index (χ3n) is 9.40. The van der Waals surface area contributed by atoms with E-state index in [0.717, 1.165) is 70.0 Å². The van der Waals surface area contributed by atoms with Crippen molar-refractivity contribution in [3.05, 3.63) is 130 Å².